The maximum Gasteiger partial charge on any atom is 0.248 e. The molecule has 1 amide bonds. The fraction of sp³-hybridized carbons (Fsp3) is 0.273. The number of sulfone groups is 1. The van der Waals surface area contributed by atoms with Gasteiger partial charge in [0.15, 0.2) is 14.6 Å². The van der Waals surface area contributed by atoms with Crippen molar-refractivity contribution in [2.24, 2.45) is 4.99 Å². The van der Waals surface area contributed by atoms with Gasteiger partial charge in [0.05, 0.1) is 27.4 Å². The summed E-state index contributed by atoms with van der Waals surface area (Å²) in [6, 6.07) is 14.4. The van der Waals surface area contributed by atoms with Crippen LogP contribution >= 0.6 is 11.3 Å². The molecular weight excluding hydrogens is 404 g/mol. The van der Waals surface area contributed by atoms with Crippen molar-refractivity contribution in [2.75, 3.05) is 5.75 Å². The minimum atomic E-state index is -3.40. The molecule has 0 unspecified atom stereocenters. The van der Waals surface area contributed by atoms with Crippen LogP contribution in [-0.2, 0) is 27.6 Å². The smallest absolute Gasteiger partial charge is 0.248 e. The molecule has 0 spiro atoms. The second kappa shape index (κ2) is 9.21. The molecule has 1 aromatic heterocycles. The van der Waals surface area contributed by atoms with Crippen LogP contribution in [0.4, 0.5) is 0 Å². The van der Waals surface area contributed by atoms with Crippen LogP contribution in [0.15, 0.2) is 58.4 Å². The molecule has 29 heavy (non-hydrogen) atoms. The molecule has 0 fully saturated rings. The van der Waals surface area contributed by atoms with Crippen LogP contribution in [0.3, 0.4) is 0 Å². The number of nitrogens with zero attached hydrogens (tertiary/aromatic N) is 2. The number of terminal acetylenes is 1. The van der Waals surface area contributed by atoms with E-state index in [2.05, 4.69) is 23.9 Å². The van der Waals surface area contributed by atoms with Gasteiger partial charge in [0.25, 0.3) is 0 Å². The standard InChI is InChI=1S/C22H22N2O3S2/c1-3-14-24-19-13-12-17(4-2)16-20(19)28-22(24)23-21(25)11-8-15-29(26,27)18-9-6-5-7-10-18/h1,5-7,9-10,12-13,16H,4,8,11,14-15H2,2H3. The Bertz CT molecular complexity index is 1230. The van der Waals surface area contributed by atoms with Crippen LogP contribution in [-0.4, -0.2) is 24.6 Å². The van der Waals surface area contributed by atoms with Crippen molar-refractivity contribution in [1.82, 2.24) is 4.57 Å². The number of carbonyl (C=O) groups is 1. The average Bonchev–Trinajstić information content (AvgIpc) is 3.05. The quantitative estimate of drug-likeness (QED) is 0.542. The van der Waals surface area contributed by atoms with Crippen LogP contribution in [0.25, 0.3) is 10.2 Å². The van der Waals surface area contributed by atoms with Crippen LogP contribution in [0.2, 0.25) is 0 Å². The Balaban J connectivity index is 1.77. The lowest BCUT2D eigenvalue weighted by atomic mass is 10.2. The van der Waals surface area contributed by atoms with Crippen LogP contribution in [0.5, 0.6) is 0 Å². The Morgan fingerprint density at radius 2 is 1.97 bits per heavy atom. The first kappa shape index (κ1) is 21.0. The van der Waals surface area contributed by atoms with E-state index in [9.17, 15) is 13.2 Å². The van der Waals surface area contributed by atoms with Crippen molar-refractivity contribution in [3.05, 3.63) is 58.9 Å². The molecule has 0 aliphatic heterocycles. The van der Waals surface area contributed by atoms with E-state index in [-0.39, 0.29) is 29.4 Å². The third kappa shape index (κ3) is 5.03. The molecule has 0 saturated heterocycles. The summed E-state index contributed by atoms with van der Waals surface area (Å²) in [5.74, 6) is 2.17. The number of aromatic nitrogens is 1. The van der Waals surface area contributed by atoms with Gasteiger partial charge in [0.1, 0.15) is 0 Å². The van der Waals surface area contributed by atoms with Gasteiger partial charge in [-0.05, 0) is 42.7 Å². The molecule has 0 saturated carbocycles. The summed E-state index contributed by atoms with van der Waals surface area (Å²) in [7, 11) is -3.40. The lowest BCUT2D eigenvalue weighted by molar-refractivity contribution is -0.118. The fourth-order valence-electron chi connectivity index (χ4n) is 2.99. The number of amides is 1. The van der Waals surface area contributed by atoms with Gasteiger partial charge in [-0.3, -0.25) is 4.79 Å². The van der Waals surface area contributed by atoms with Crippen molar-refractivity contribution < 1.29 is 13.2 Å². The van der Waals surface area contributed by atoms with E-state index in [4.69, 9.17) is 6.42 Å². The highest BCUT2D eigenvalue weighted by Gasteiger charge is 2.14. The van der Waals surface area contributed by atoms with E-state index in [0.717, 1.165) is 16.6 Å². The molecule has 0 aliphatic rings. The van der Waals surface area contributed by atoms with Crippen molar-refractivity contribution >= 4 is 37.3 Å². The largest absolute Gasteiger partial charge is 0.305 e. The number of carbonyl (C=O) groups excluding carboxylic acids is 1. The summed E-state index contributed by atoms with van der Waals surface area (Å²) >= 11 is 1.42. The molecule has 0 bridgehead atoms. The normalized spacial score (nSPS) is 12.2. The lowest BCUT2D eigenvalue weighted by Gasteiger charge is -2.03. The first-order valence-corrected chi connectivity index (χ1v) is 11.8. The summed E-state index contributed by atoms with van der Waals surface area (Å²) in [4.78, 5) is 17.4. The van der Waals surface area contributed by atoms with Gasteiger partial charge in [0.2, 0.25) is 5.91 Å². The van der Waals surface area contributed by atoms with E-state index < -0.39 is 9.84 Å². The number of thiazole rings is 1. The summed E-state index contributed by atoms with van der Waals surface area (Å²) in [6.07, 6.45) is 6.70. The van der Waals surface area contributed by atoms with Gasteiger partial charge < -0.3 is 4.57 Å². The number of aryl methyl sites for hydroxylation is 1. The predicted molar refractivity (Wildman–Crippen MR) is 116 cm³/mol. The zero-order valence-electron chi connectivity index (χ0n) is 16.2. The third-order valence-electron chi connectivity index (χ3n) is 4.53. The average molecular weight is 427 g/mol. The molecule has 0 N–H and O–H groups in total. The number of hydrogen-bond acceptors (Lipinski definition) is 4. The number of rotatable bonds is 7. The van der Waals surface area contributed by atoms with Crippen LogP contribution in [0, 0.1) is 12.3 Å². The highest BCUT2D eigenvalue weighted by molar-refractivity contribution is 7.91. The van der Waals surface area contributed by atoms with Gasteiger partial charge in [0, 0.05) is 6.42 Å². The third-order valence-corrected chi connectivity index (χ3v) is 7.39. The number of fused-ring (bicyclic) bond motifs is 1. The summed E-state index contributed by atoms with van der Waals surface area (Å²) in [6.45, 7) is 2.41. The molecule has 5 nitrogen and oxygen atoms in total. The molecular formula is C22H22N2O3S2. The van der Waals surface area contributed by atoms with Crippen LogP contribution in [0.1, 0.15) is 25.3 Å². The van der Waals surface area contributed by atoms with Gasteiger partial charge in [-0.1, -0.05) is 48.4 Å². The van der Waals surface area contributed by atoms with Gasteiger partial charge in [-0.15, -0.1) is 6.42 Å². The number of hydrogen-bond donors (Lipinski definition) is 0. The molecule has 0 radical (unpaired) electrons. The Morgan fingerprint density at radius 3 is 2.66 bits per heavy atom. The maximum absolute atomic E-state index is 12.4. The van der Waals surface area contributed by atoms with E-state index in [1.54, 1.807) is 30.3 Å². The fourth-order valence-corrected chi connectivity index (χ4v) is 5.43. The Morgan fingerprint density at radius 1 is 1.21 bits per heavy atom. The van der Waals surface area contributed by atoms with Gasteiger partial charge in [-0.25, -0.2) is 8.42 Å². The van der Waals surface area contributed by atoms with Crippen molar-refractivity contribution in [1.29, 1.82) is 0 Å². The molecule has 150 valence electrons. The van der Waals surface area contributed by atoms with Gasteiger partial charge in [-0.2, -0.15) is 4.99 Å². The predicted octanol–water partition coefficient (Wildman–Crippen LogP) is 3.58. The minimum absolute atomic E-state index is 0.0660. The molecule has 0 aliphatic carbocycles. The van der Waals surface area contributed by atoms with E-state index in [1.165, 1.54) is 16.9 Å². The van der Waals surface area contributed by atoms with Crippen molar-refractivity contribution in [3.8, 4) is 12.3 Å². The maximum atomic E-state index is 12.4. The second-order valence-electron chi connectivity index (χ2n) is 6.57. The van der Waals surface area contributed by atoms with Crippen molar-refractivity contribution in [2.45, 2.75) is 37.6 Å². The first-order valence-electron chi connectivity index (χ1n) is 9.35. The SMILES string of the molecule is C#CCn1c(=NC(=O)CCCS(=O)(=O)c2ccccc2)sc2cc(CC)ccc21. The monoisotopic (exact) mass is 426 g/mol. The Kier molecular flexibility index (Phi) is 6.68. The van der Waals surface area contributed by atoms with E-state index in [0.29, 0.717) is 11.3 Å². The second-order valence-corrected chi connectivity index (χ2v) is 9.69. The van der Waals surface area contributed by atoms with Gasteiger partial charge >= 0.3 is 0 Å². The molecule has 2 aromatic carbocycles. The Labute approximate surface area is 174 Å². The highest BCUT2D eigenvalue weighted by Crippen LogP contribution is 2.20. The number of benzene rings is 2. The molecule has 3 aromatic rings. The Hall–Kier alpha value is -2.69. The van der Waals surface area contributed by atoms with E-state index in [1.807, 2.05) is 16.7 Å². The molecule has 0 atom stereocenters. The van der Waals surface area contributed by atoms with E-state index >= 15 is 0 Å². The lowest BCUT2D eigenvalue weighted by Crippen LogP contribution is -2.16. The first-order chi connectivity index (χ1) is 13.9. The molecule has 3 rings (SSSR count). The summed E-state index contributed by atoms with van der Waals surface area (Å²) in [5, 5.41) is 0. The van der Waals surface area contributed by atoms with Crippen molar-refractivity contribution in [3.63, 3.8) is 0 Å². The topological polar surface area (TPSA) is 68.5 Å². The molecule has 1 heterocycles. The highest BCUT2D eigenvalue weighted by atomic mass is 32.2. The summed E-state index contributed by atoms with van der Waals surface area (Å²) < 4.78 is 27.5. The zero-order chi connectivity index (χ0) is 20.9. The zero-order valence-corrected chi connectivity index (χ0v) is 17.8. The molecule has 7 heteroatoms. The minimum Gasteiger partial charge on any atom is -0.305 e. The summed E-state index contributed by atoms with van der Waals surface area (Å²) in [5.41, 5.74) is 2.15. The van der Waals surface area contributed by atoms with Crippen LogP contribution < -0.4 is 4.80 Å².